The fraction of sp³-hybridized carbons (Fsp3) is 0.667. The van der Waals surface area contributed by atoms with E-state index in [0.717, 1.165) is 19.4 Å². The SMILES string of the molecule is C=CCOC(=O)N1CC[C@@H](N2CCCC2=O)C1. The van der Waals surface area contributed by atoms with E-state index in [1.165, 1.54) is 0 Å². The molecule has 0 saturated carbocycles. The van der Waals surface area contributed by atoms with Crippen LogP contribution in [0.4, 0.5) is 4.79 Å². The number of ether oxygens (including phenoxy) is 1. The van der Waals surface area contributed by atoms with Gasteiger partial charge in [-0.05, 0) is 12.8 Å². The first-order valence-corrected chi connectivity index (χ1v) is 6.04. The van der Waals surface area contributed by atoms with Crippen molar-refractivity contribution in [3.8, 4) is 0 Å². The molecule has 2 rings (SSSR count). The third-order valence-corrected chi connectivity index (χ3v) is 3.30. The molecule has 0 spiro atoms. The van der Waals surface area contributed by atoms with Gasteiger partial charge in [-0.3, -0.25) is 4.79 Å². The molecule has 17 heavy (non-hydrogen) atoms. The van der Waals surface area contributed by atoms with Crippen LogP contribution < -0.4 is 0 Å². The Kier molecular flexibility index (Phi) is 3.66. The van der Waals surface area contributed by atoms with Gasteiger partial charge in [0.05, 0.1) is 6.04 Å². The van der Waals surface area contributed by atoms with Gasteiger partial charge in [0.15, 0.2) is 0 Å². The number of carbonyl (C=O) groups is 2. The van der Waals surface area contributed by atoms with Crippen LogP contribution in [0.5, 0.6) is 0 Å². The van der Waals surface area contributed by atoms with Crippen LogP contribution in [0, 0.1) is 0 Å². The van der Waals surface area contributed by atoms with Crippen LogP contribution in [0.15, 0.2) is 12.7 Å². The van der Waals surface area contributed by atoms with E-state index in [-0.39, 0.29) is 24.6 Å². The van der Waals surface area contributed by atoms with Gasteiger partial charge >= 0.3 is 6.09 Å². The average molecular weight is 238 g/mol. The largest absolute Gasteiger partial charge is 0.445 e. The van der Waals surface area contributed by atoms with Crippen molar-refractivity contribution >= 4 is 12.0 Å². The van der Waals surface area contributed by atoms with E-state index in [4.69, 9.17) is 4.74 Å². The Morgan fingerprint density at radius 3 is 3.00 bits per heavy atom. The molecular weight excluding hydrogens is 220 g/mol. The van der Waals surface area contributed by atoms with Crippen molar-refractivity contribution in [2.75, 3.05) is 26.2 Å². The van der Waals surface area contributed by atoms with E-state index in [1.807, 2.05) is 4.90 Å². The van der Waals surface area contributed by atoms with E-state index in [9.17, 15) is 9.59 Å². The third-order valence-electron chi connectivity index (χ3n) is 3.30. The first kappa shape index (κ1) is 12.0. The van der Waals surface area contributed by atoms with Gasteiger partial charge in [-0.1, -0.05) is 12.7 Å². The molecule has 2 aliphatic rings. The minimum absolute atomic E-state index is 0.182. The van der Waals surface area contributed by atoms with Crippen LogP contribution >= 0.6 is 0 Å². The minimum Gasteiger partial charge on any atom is -0.445 e. The number of rotatable bonds is 3. The van der Waals surface area contributed by atoms with Crippen LogP contribution in [0.2, 0.25) is 0 Å². The highest BCUT2D eigenvalue weighted by atomic mass is 16.6. The van der Waals surface area contributed by atoms with Crippen molar-refractivity contribution in [3.05, 3.63) is 12.7 Å². The summed E-state index contributed by atoms with van der Waals surface area (Å²) in [6, 6.07) is 0.182. The summed E-state index contributed by atoms with van der Waals surface area (Å²) in [5, 5.41) is 0. The van der Waals surface area contributed by atoms with Gasteiger partial charge in [-0.25, -0.2) is 4.79 Å². The third kappa shape index (κ3) is 2.60. The first-order valence-electron chi connectivity index (χ1n) is 6.04. The number of amides is 2. The first-order chi connectivity index (χ1) is 8.22. The van der Waals surface area contributed by atoms with E-state index < -0.39 is 0 Å². The molecule has 0 bridgehead atoms. The summed E-state index contributed by atoms with van der Waals surface area (Å²) in [4.78, 5) is 26.8. The number of nitrogens with zero attached hydrogens (tertiary/aromatic N) is 2. The predicted octanol–water partition coefficient (Wildman–Crippen LogP) is 1.01. The van der Waals surface area contributed by atoms with E-state index in [2.05, 4.69) is 6.58 Å². The highest BCUT2D eigenvalue weighted by Gasteiger charge is 2.35. The predicted molar refractivity (Wildman–Crippen MR) is 62.5 cm³/mol. The molecule has 0 radical (unpaired) electrons. The van der Waals surface area contributed by atoms with Gasteiger partial charge in [0.2, 0.25) is 5.91 Å². The Bertz CT molecular complexity index is 330. The summed E-state index contributed by atoms with van der Waals surface area (Å²) in [7, 11) is 0. The van der Waals surface area contributed by atoms with Crippen LogP contribution in [-0.4, -0.2) is 54.1 Å². The van der Waals surface area contributed by atoms with Crippen LogP contribution in [-0.2, 0) is 9.53 Å². The lowest BCUT2D eigenvalue weighted by Gasteiger charge is -2.23. The summed E-state index contributed by atoms with van der Waals surface area (Å²) in [6.45, 7) is 5.84. The minimum atomic E-state index is -0.306. The van der Waals surface area contributed by atoms with E-state index >= 15 is 0 Å². The fourth-order valence-corrected chi connectivity index (χ4v) is 2.44. The highest BCUT2D eigenvalue weighted by molar-refractivity contribution is 5.78. The second-order valence-electron chi connectivity index (χ2n) is 4.44. The normalized spacial score (nSPS) is 24.2. The second kappa shape index (κ2) is 5.21. The van der Waals surface area contributed by atoms with E-state index in [0.29, 0.717) is 19.5 Å². The number of likely N-dealkylation sites (tertiary alicyclic amines) is 2. The van der Waals surface area contributed by atoms with Gasteiger partial charge in [0.25, 0.3) is 0 Å². The number of hydrogen-bond donors (Lipinski definition) is 0. The lowest BCUT2D eigenvalue weighted by molar-refractivity contribution is -0.129. The van der Waals surface area contributed by atoms with Crippen molar-refractivity contribution in [2.24, 2.45) is 0 Å². The molecule has 0 aromatic carbocycles. The molecule has 0 aromatic heterocycles. The lowest BCUT2D eigenvalue weighted by atomic mass is 10.2. The molecule has 0 aliphatic carbocycles. The fourth-order valence-electron chi connectivity index (χ4n) is 2.44. The van der Waals surface area contributed by atoms with Gasteiger partial charge in [-0.15, -0.1) is 0 Å². The smallest absolute Gasteiger partial charge is 0.410 e. The van der Waals surface area contributed by atoms with Crippen molar-refractivity contribution in [3.63, 3.8) is 0 Å². The molecule has 0 aromatic rings. The van der Waals surface area contributed by atoms with Gasteiger partial charge < -0.3 is 14.5 Å². The molecule has 2 saturated heterocycles. The monoisotopic (exact) mass is 238 g/mol. The number of carbonyl (C=O) groups excluding carboxylic acids is 2. The summed E-state index contributed by atoms with van der Waals surface area (Å²) >= 11 is 0. The van der Waals surface area contributed by atoms with Crippen molar-refractivity contribution in [1.82, 2.24) is 9.80 Å². The quantitative estimate of drug-likeness (QED) is 0.689. The van der Waals surface area contributed by atoms with Crippen molar-refractivity contribution in [2.45, 2.75) is 25.3 Å². The summed E-state index contributed by atoms with van der Waals surface area (Å²) in [5.74, 6) is 0.219. The summed E-state index contributed by atoms with van der Waals surface area (Å²) in [6.07, 6.45) is 3.69. The van der Waals surface area contributed by atoms with Crippen LogP contribution in [0.1, 0.15) is 19.3 Å². The maximum absolute atomic E-state index is 11.6. The Morgan fingerprint density at radius 2 is 2.35 bits per heavy atom. The zero-order chi connectivity index (χ0) is 12.3. The van der Waals surface area contributed by atoms with Crippen LogP contribution in [0.3, 0.4) is 0 Å². The molecule has 0 N–H and O–H groups in total. The maximum Gasteiger partial charge on any atom is 0.410 e. The van der Waals surface area contributed by atoms with Crippen LogP contribution in [0.25, 0.3) is 0 Å². The summed E-state index contributed by atoms with van der Waals surface area (Å²) in [5.41, 5.74) is 0. The molecular formula is C12H18N2O3. The molecule has 2 aliphatic heterocycles. The van der Waals surface area contributed by atoms with Gasteiger partial charge in [-0.2, -0.15) is 0 Å². The Labute approximate surface area is 101 Å². The molecule has 2 amide bonds. The number of hydrogen-bond acceptors (Lipinski definition) is 3. The van der Waals surface area contributed by atoms with E-state index in [1.54, 1.807) is 11.0 Å². The average Bonchev–Trinajstić information content (AvgIpc) is 2.93. The zero-order valence-electron chi connectivity index (χ0n) is 9.93. The summed E-state index contributed by atoms with van der Waals surface area (Å²) < 4.78 is 4.98. The molecule has 94 valence electrons. The van der Waals surface area contributed by atoms with Crippen molar-refractivity contribution in [1.29, 1.82) is 0 Å². The molecule has 2 fully saturated rings. The van der Waals surface area contributed by atoms with Gasteiger partial charge in [0.1, 0.15) is 6.61 Å². The van der Waals surface area contributed by atoms with Gasteiger partial charge in [0, 0.05) is 26.1 Å². The lowest BCUT2D eigenvalue weighted by Crippen LogP contribution is -2.39. The Morgan fingerprint density at radius 1 is 1.53 bits per heavy atom. The molecule has 0 unspecified atom stereocenters. The molecule has 1 atom stereocenters. The molecule has 5 nitrogen and oxygen atoms in total. The second-order valence-corrected chi connectivity index (χ2v) is 4.44. The zero-order valence-corrected chi connectivity index (χ0v) is 9.93. The maximum atomic E-state index is 11.6. The Balaban J connectivity index is 1.84. The van der Waals surface area contributed by atoms with Crippen molar-refractivity contribution < 1.29 is 14.3 Å². The molecule has 2 heterocycles. The highest BCUT2D eigenvalue weighted by Crippen LogP contribution is 2.21. The topological polar surface area (TPSA) is 49.9 Å². The molecule has 5 heteroatoms. The Hall–Kier alpha value is -1.52. The standard InChI is InChI=1S/C12H18N2O3/c1-2-8-17-12(16)13-7-5-10(9-13)14-6-3-4-11(14)15/h2,10H,1,3-9H2/t10-/m1/s1.